The number of amides is 1. The van der Waals surface area contributed by atoms with Gasteiger partial charge in [-0.3, -0.25) is 4.79 Å². The summed E-state index contributed by atoms with van der Waals surface area (Å²) in [6, 6.07) is 0.615. The van der Waals surface area contributed by atoms with Crippen molar-refractivity contribution < 1.29 is 4.79 Å². The molecule has 2 aliphatic carbocycles. The minimum absolute atomic E-state index is 0.0113. The lowest BCUT2D eigenvalue weighted by molar-refractivity contribution is -0.135. The van der Waals surface area contributed by atoms with Crippen LogP contribution in [0.3, 0.4) is 0 Å². The lowest BCUT2D eigenvalue weighted by atomic mass is 9.57. The van der Waals surface area contributed by atoms with Gasteiger partial charge in [-0.1, -0.05) is 19.3 Å². The van der Waals surface area contributed by atoms with E-state index in [-0.39, 0.29) is 6.04 Å². The highest BCUT2D eigenvalue weighted by Crippen LogP contribution is 2.51. The first kappa shape index (κ1) is 14.4. The summed E-state index contributed by atoms with van der Waals surface area (Å²) in [6.45, 7) is 4.02. The second-order valence-electron chi connectivity index (χ2n) is 7.29. The number of rotatable bonds is 3. The van der Waals surface area contributed by atoms with Crippen LogP contribution in [0, 0.1) is 5.41 Å². The van der Waals surface area contributed by atoms with Gasteiger partial charge in [-0.25, -0.2) is 0 Å². The van der Waals surface area contributed by atoms with Crippen LogP contribution < -0.4 is 5.32 Å². The first-order valence-electron chi connectivity index (χ1n) is 8.76. The minimum Gasteiger partial charge on any atom is -0.341 e. The zero-order chi connectivity index (χ0) is 14.0. The molecule has 1 aliphatic heterocycles. The Balaban J connectivity index is 1.53. The van der Waals surface area contributed by atoms with Crippen molar-refractivity contribution in [2.24, 2.45) is 5.41 Å². The third-order valence-electron chi connectivity index (χ3n) is 6.01. The van der Waals surface area contributed by atoms with Gasteiger partial charge in [0.2, 0.25) is 5.91 Å². The number of piperidine rings is 1. The van der Waals surface area contributed by atoms with Gasteiger partial charge >= 0.3 is 0 Å². The molecule has 1 heterocycles. The molecule has 1 spiro atoms. The first-order valence-corrected chi connectivity index (χ1v) is 8.76. The zero-order valence-electron chi connectivity index (χ0n) is 13.0. The van der Waals surface area contributed by atoms with Crippen LogP contribution in [0.4, 0.5) is 0 Å². The highest BCUT2D eigenvalue weighted by molar-refractivity contribution is 5.81. The molecule has 0 aromatic rings. The zero-order valence-corrected chi connectivity index (χ0v) is 13.0. The second-order valence-corrected chi connectivity index (χ2v) is 7.29. The van der Waals surface area contributed by atoms with Crippen molar-refractivity contribution >= 4 is 5.91 Å². The van der Waals surface area contributed by atoms with Crippen LogP contribution in [0.1, 0.15) is 71.1 Å². The van der Waals surface area contributed by atoms with Crippen molar-refractivity contribution in [2.45, 2.75) is 83.2 Å². The molecule has 3 rings (SSSR count). The number of carbonyl (C=O) groups is 1. The number of carbonyl (C=O) groups excluding carboxylic acids is 1. The van der Waals surface area contributed by atoms with Crippen molar-refractivity contribution in [3.8, 4) is 0 Å². The predicted molar refractivity (Wildman–Crippen MR) is 81.6 cm³/mol. The topological polar surface area (TPSA) is 32.3 Å². The molecule has 3 heteroatoms. The van der Waals surface area contributed by atoms with E-state index in [1.54, 1.807) is 0 Å². The van der Waals surface area contributed by atoms with Gasteiger partial charge < -0.3 is 10.2 Å². The molecule has 0 aromatic heterocycles. The largest absolute Gasteiger partial charge is 0.341 e. The summed E-state index contributed by atoms with van der Waals surface area (Å²) in [4.78, 5) is 14.6. The highest BCUT2D eigenvalue weighted by atomic mass is 16.2. The van der Waals surface area contributed by atoms with Gasteiger partial charge in [0.25, 0.3) is 0 Å². The van der Waals surface area contributed by atoms with E-state index in [9.17, 15) is 4.79 Å². The fourth-order valence-electron chi connectivity index (χ4n) is 4.57. The van der Waals surface area contributed by atoms with Crippen LogP contribution in [0.25, 0.3) is 0 Å². The second kappa shape index (κ2) is 6.05. The Morgan fingerprint density at radius 2 is 1.70 bits per heavy atom. The number of likely N-dealkylation sites (tertiary alicyclic amines) is 1. The molecule has 20 heavy (non-hydrogen) atoms. The summed E-state index contributed by atoms with van der Waals surface area (Å²) in [6.07, 6.45) is 13.3. The summed E-state index contributed by atoms with van der Waals surface area (Å²) in [5.41, 5.74) is 0.550. The van der Waals surface area contributed by atoms with E-state index in [0.717, 1.165) is 13.1 Å². The molecule has 1 amide bonds. The van der Waals surface area contributed by atoms with E-state index >= 15 is 0 Å². The predicted octanol–water partition coefficient (Wildman–Crippen LogP) is 3.09. The number of nitrogens with zero attached hydrogens (tertiary/aromatic N) is 1. The normalized spacial score (nSPS) is 30.9. The smallest absolute Gasteiger partial charge is 0.239 e. The average molecular weight is 278 g/mol. The van der Waals surface area contributed by atoms with Crippen LogP contribution in [-0.4, -0.2) is 36.0 Å². The van der Waals surface area contributed by atoms with Gasteiger partial charge in [0, 0.05) is 19.1 Å². The Labute approximate surface area is 123 Å². The van der Waals surface area contributed by atoms with E-state index < -0.39 is 0 Å². The van der Waals surface area contributed by atoms with Crippen LogP contribution in [0.15, 0.2) is 0 Å². The monoisotopic (exact) mass is 278 g/mol. The van der Waals surface area contributed by atoms with Gasteiger partial charge in [-0.2, -0.15) is 0 Å². The molecule has 1 N–H and O–H groups in total. The molecule has 0 bridgehead atoms. The Hall–Kier alpha value is -0.570. The van der Waals surface area contributed by atoms with Crippen LogP contribution >= 0.6 is 0 Å². The summed E-state index contributed by atoms with van der Waals surface area (Å²) < 4.78 is 0. The van der Waals surface area contributed by atoms with Gasteiger partial charge in [0.1, 0.15) is 0 Å². The summed E-state index contributed by atoms with van der Waals surface area (Å²) in [5, 5.41) is 3.68. The lowest BCUT2D eigenvalue weighted by Crippen LogP contribution is -2.59. The molecule has 3 fully saturated rings. The lowest BCUT2D eigenvalue weighted by Gasteiger charge is -2.53. The highest BCUT2D eigenvalue weighted by Gasteiger charge is 2.47. The molecular formula is C17H30N2O. The Morgan fingerprint density at radius 1 is 1.05 bits per heavy atom. The molecule has 2 atom stereocenters. The van der Waals surface area contributed by atoms with Gasteiger partial charge in [0.15, 0.2) is 0 Å². The van der Waals surface area contributed by atoms with Crippen molar-refractivity contribution in [1.82, 2.24) is 10.2 Å². The quantitative estimate of drug-likeness (QED) is 0.860. The molecule has 2 unspecified atom stereocenters. The van der Waals surface area contributed by atoms with E-state index in [1.165, 1.54) is 64.2 Å². The molecule has 2 saturated carbocycles. The molecule has 3 nitrogen and oxygen atoms in total. The maximum Gasteiger partial charge on any atom is 0.239 e. The Kier molecular flexibility index (Phi) is 4.34. The van der Waals surface area contributed by atoms with Crippen molar-refractivity contribution in [3.63, 3.8) is 0 Å². The van der Waals surface area contributed by atoms with Crippen molar-refractivity contribution in [2.75, 3.05) is 13.1 Å². The van der Waals surface area contributed by atoms with Crippen LogP contribution in [-0.2, 0) is 4.79 Å². The number of hydrogen-bond donors (Lipinski definition) is 1. The molecular weight excluding hydrogens is 248 g/mol. The SMILES string of the molecule is CC(NC1CCC12CCCCC2)C(=O)N1CCCCC1. The maximum absolute atomic E-state index is 12.5. The minimum atomic E-state index is 0.0113. The van der Waals surface area contributed by atoms with E-state index in [4.69, 9.17) is 0 Å². The third-order valence-corrected chi connectivity index (χ3v) is 6.01. The molecule has 3 aliphatic rings. The standard InChI is InChI=1S/C17H30N2O/c1-14(16(20)19-12-6-3-7-13-19)18-15-8-11-17(15)9-4-2-5-10-17/h14-15,18H,2-13H2,1H3. The van der Waals surface area contributed by atoms with Gasteiger partial charge in [0.05, 0.1) is 6.04 Å². The summed E-state index contributed by atoms with van der Waals surface area (Å²) in [5.74, 6) is 0.336. The summed E-state index contributed by atoms with van der Waals surface area (Å²) >= 11 is 0. The number of nitrogens with one attached hydrogen (secondary N) is 1. The molecule has 114 valence electrons. The third kappa shape index (κ3) is 2.74. The van der Waals surface area contributed by atoms with E-state index in [0.29, 0.717) is 17.4 Å². The first-order chi connectivity index (χ1) is 9.71. The Morgan fingerprint density at radius 3 is 2.30 bits per heavy atom. The molecule has 1 saturated heterocycles. The summed E-state index contributed by atoms with van der Waals surface area (Å²) in [7, 11) is 0. The van der Waals surface area contributed by atoms with Crippen molar-refractivity contribution in [3.05, 3.63) is 0 Å². The fraction of sp³-hybridized carbons (Fsp3) is 0.941. The molecule has 0 aromatic carbocycles. The fourth-order valence-corrected chi connectivity index (χ4v) is 4.57. The molecule has 0 radical (unpaired) electrons. The van der Waals surface area contributed by atoms with E-state index in [2.05, 4.69) is 17.1 Å². The van der Waals surface area contributed by atoms with Crippen LogP contribution in [0.2, 0.25) is 0 Å². The van der Waals surface area contributed by atoms with Crippen molar-refractivity contribution in [1.29, 1.82) is 0 Å². The Bertz CT molecular complexity index is 343. The average Bonchev–Trinajstić information content (AvgIpc) is 2.52. The van der Waals surface area contributed by atoms with Gasteiger partial charge in [-0.15, -0.1) is 0 Å². The van der Waals surface area contributed by atoms with E-state index in [1.807, 2.05) is 0 Å². The maximum atomic E-state index is 12.5. The van der Waals surface area contributed by atoms with Crippen LogP contribution in [0.5, 0.6) is 0 Å². The van der Waals surface area contributed by atoms with Gasteiger partial charge in [-0.05, 0) is 57.3 Å². The number of hydrogen-bond acceptors (Lipinski definition) is 2.